The van der Waals surface area contributed by atoms with Gasteiger partial charge in [-0.3, -0.25) is 14.3 Å². The summed E-state index contributed by atoms with van der Waals surface area (Å²) in [5, 5.41) is 13.0. The summed E-state index contributed by atoms with van der Waals surface area (Å²) >= 11 is 0. The van der Waals surface area contributed by atoms with Crippen LogP contribution in [-0.4, -0.2) is 44.8 Å². The van der Waals surface area contributed by atoms with Crippen LogP contribution in [0.3, 0.4) is 0 Å². The van der Waals surface area contributed by atoms with Crippen molar-refractivity contribution in [3.63, 3.8) is 0 Å². The molecule has 2 heterocycles. The minimum atomic E-state index is -0.854. The molecule has 7 nitrogen and oxygen atoms in total. The quantitative estimate of drug-likeness (QED) is 0.785. The molecular weight excluding hydrogens is 248 g/mol. The molecule has 104 valence electrons. The Hall–Kier alpha value is -1.89. The number of nitrogens with zero attached hydrogens (tertiary/aromatic N) is 3. The van der Waals surface area contributed by atoms with Gasteiger partial charge >= 0.3 is 5.97 Å². The lowest BCUT2D eigenvalue weighted by atomic mass is 9.97. The first-order valence-corrected chi connectivity index (χ1v) is 6.24. The molecule has 0 bridgehead atoms. The number of carbonyl (C=O) groups is 2. The fourth-order valence-corrected chi connectivity index (χ4v) is 2.32. The highest BCUT2D eigenvalue weighted by Gasteiger charge is 2.31. The molecular formula is C12H18N4O3. The van der Waals surface area contributed by atoms with Crippen molar-refractivity contribution in [1.82, 2.24) is 14.7 Å². The number of rotatable bonds is 3. The van der Waals surface area contributed by atoms with Gasteiger partial charge in [-0.2, -0.15) is 5.10 Å². The van der Waals surface area contributed by atoms with E-state index >= 15 is 0 Å². The third kappa shape index (κ3) is 2.93. The number of likely N-dealkylation sites (tertiary alicyclic amines) is 1. The first-order chi connectivity index (χ1) is 8.99. The van der Waals surface area contributed by atoms with E-state index in [2.05, 4.69) is 5.10 Å². The number of amides is 1. The predicted molar refractivity (Wildman–Crippen MR) is 67.1 cm³/mol. The molecule has 1 aromatic heterocycles. The van der Waals surface area contributed by atoms with Crippen LogP contribution in [0.2, 0.25) is 0 Å². The van der Waals surface area contributed by atoms with Crippen molar-refractivity contribution in [2.75, 3.05) is 13.1 Å². The van der Waals surface area contributed by atoms with Crippen molar-refractivity contribution in [3.8, 4) is 0 Å². The number of aryl methyl sites for hydroxylation is 1. The fraction of sp³-hybridized carbons (Fsp3) is 0.583. The van der Waals surface area contributed by atoms with E-state index in [1.54, 1.807) is 29.0 Å². The van der Waals surface area contributed by atoms with Gasteiger partial charge in [-0.25, -0.2) is 0 Å². The Balaban J connectivity index is 2.04. The predicted octanol–water partition coefficient (Wildman–Crippen LogP) is -0.257. The van der Waals surface area contributed by atoms with E-state index in [1.807, 2.05) is 0 Å². The normalized spacial score (nSPS) is 21.2. The van der Waals surface area contributed by atoms with Crippen molar-refractivity contribution < 1.29 is 14.7 Å². The molecule has 1 amide bonds. The minimum absolute atomic E-state index is 0.237. The third-order valence-electron chi connectivity index (χ3n) is 3.43. The average Bonchev–Trinajstić information content (AvgIpc) is 2.84. The average molecular weight is 266 g/mol. The summed E-state index contributed by atoms with van der Waals surface area (Å²) in [6.07, 6.45) is 4.56. The Kier molecular flexibility index (Phi) is 3.84. The molecule has 0 radical (unpaired) electrons. The van der Waals surface area contributed by atoms with Gasteiger partial charge in [0.2, 0.25) is 5.91 Å². The fourth-order valence-electron chi connectivity index (χ4n) is 2.32. The molecule has 19 heavy (non-hydrogen) atoms. The number of carboxylic acids is 1. The molecule has 1 aromatic rings. The van der Waals surface area contributed by atoms with Gasteiger partial charge in [-0.05, 0) is 12.8 Å². The lowest BCUT2D eigenvalue weighted by Crippen LogP contribution is -2.46. The van der Waals surface area contributed by atoms with Crippen LogP contribution in [0, 0.1) is 5.92 Å². The lowest BCUT2D eigenvalue weighted by molar-refractivity contribution is -0.146. The van der Waals surface area contributed by atoms with E-state index < -0.39 is 17.9 Å². The Morgan fingerprint density at radius 3 is 2.89 bits per heavy atom. The number of nitrogens with two attached hydrogens (primary N) is 1. The van der Waals surface area contributed by atoms with Crippen LogP contribution in [0.15, 0.2) is 12.4 Å². The van der Waals surface area contributed by atoms with Crippen molar-refractivity contribution in [2.45, 2.75) is 18.9 Å². The molecule has 1 aliphatic rings. The first-order valence-electron chi connectivity index (χ1n) is 6.24. The smallest absolute Gasteiger partial charge is 0.308 e. The summed E-state index contributed by atoms with van der Waals surface area (Å²) in [5.41, 5.74) is 6.56. The largest absolute Gasteiger partial charge is 0.481 e. The summed E-state index contributed by atoms with van der Waals surface area (Å²) in [4.78, 5) is 24.8. The summed E-state index contributed by atoms with van der Waals surface area (Å²) < 4.78 is 1.58. The molecule has 0 saturated carbocycles. The molecule has 2 rings (SSSR count). The topological polar surface area (TPSA) is 101 Å². The Morgan fingerprint density at radius 1 is 1.58 bits per heavy atom. The number of hydrogen-bond donors (Lipinski definition) is 2. The van der Waals surface area contributed by atoms with E-state index in [0.29, 0.717) is 24.9 Å². The minimum Gasteiger partial charge on any atom is -0.481 e. The number of aliphatic carboxylic acids is 1. The summed E-state index contributed by atoms with van der Waals surface area (Å²) in [5.74, 6) is -1.58. The Morgan fingerprint density at radius 2 is 2.32 bits per heavy atom. The zero-order valence-corrected chi connectivity index (χ0v) is 10.8. The van der Waals surface area contributed by atoms with Gasteiger partial charge in [0, 0.05) is 31.9 Å². The van der Waals surface area contributed by atoms with Crippen molar-refractivity contribution in [2.24, 2.45) is 18.7 Å². The molecule has 0 spiro atoms. The molecule has 1 fully saturated rings. The van der Waals surface area contributed by atoms with Crippen LogP contribution in [0.1, 0.15) is 24.4 Å². The highest BCUT2D eigenvalue weighted by atomic mass is 16.4. The van der Waals surface area contributed by atoms with E-state index in [9.17, 15) is 9.59 Å². The molecule has 1 unspecified atom stereocenters. The van der Waals surface area contributed by atoms with E-state index in [0.717, 1.165) is 0 Å². The molecule has 1 saturated heterocycles. The number of hydrogen-bond acceptors (Lipinski definition) is 4. The van der Waals surface area contributed by atoms with Gasteiger partial charge in [0.15, 0.2) is 0 Å². The molecule has 2 atom stereocenters. The highest BCUT2D eigenvalue weighted by Crippen LogP contribution is 2.20. The number of aromatic nitrogens is 2. The van der Waals surface area contributed by atoms with Crippen molar-refractivity contribution in [3.05, 3.63) is 18.0 Å². The molecule has 3 N–H and O–H groups in total. The Bertz CT molecular complexity index is 485. The first kappa shape index (κ1) is 13.5. The zero-order chi connectivity index (χ0) is 14.0. The molecule has 7 heteroatoms. The van der Waals surface area contributed by atoms with Crippen LogP contribution < -0.4 is 5.73 Å². The second-order valence-corrected chi connectivity index (χ2v) is 4.89. The standard InChI is InChI=1S/C12H18N4O3/c1-15-6-9(5-14-15)10(13)11(17)16-4-2-3-8(7-16)12(18)19/h5-6,8,10H,2-4,7,13H2,1H3,(H,18,19)/t8-,10?/m1/s1. The van der Waals surface area contributed by atoms with Crippen molar-refractivity contribution >= 4 is 11.9 Å². The van der Waals surface area contributed by atoms with Gasteiger partial charge < -0.3 is 15.7 Å². The highest BCUT2D eigenvalue weighted by molar-refractivity contribution is 5.83. The van der Waals surface area contributed by atoms with Crippen LogP contribution in [-0.2, 0) is 16.6 Å². The number of carbonyl (C=O) groups excluding carboxylic acids is 1. The SMILES string of the molecule is Cn1cc(C(N)C(=O)N2CCC[C@@H](C(=O)O)C2)cn1. The van der Waals surface area contributed by atoms with Gasteiger partial charge in [-0.15, -0.1) is 0 Å². The lowest BCUT2D eigenvalue weighted by Gasteiger charge is -2.32. The van der Waals surface area contributed by atoms with Crippen LogP contribution in [0.4, 0.5) is 0 Å². The molecule has 0 aromatic carbocycles. The van der Waals surface area contributed by atoms with Crippen LogP contribution in [0.5, 0.6) is 0 Å². The second-order valence-electron chi connectivity index (χ2n) is 4.89. The van der Waals surface area contributed by atoms with Gasteiger partial charge in [-0.1, -0.05) is 0 Å². The zero-order valence-electron chi connectivity index (χ0n) is 10.8. The van der Waals surface area contributed by atoms with Gasteiger partial charge in [0.1, 0.15) is 6.04 Å². The van der Waals surface area contributed by atoms with Crippen LogP contribution in [0.25, 0.3) is 0 Å². The summed E-state index contributed by atoms with van der Waals surface area (Å²) in [6.45, 7) is 0.804. The number of piperidine rings is 1. The molecule has 1 aliphatic heterocycles. The van der Waals surface area contributed by atoms with E-state index in [-0.39, 0.29) is 12.5 Å². The maximum absolute atomic E-state index is 12.2. The Labute approximate surface area is 111 Å². The monoisotopic (exact) mass is 266 g/mol. The van der Waals surface area contributed by atoms with E-state index in [4.69, 9.17) is 10.8 Å². The van der Waals surface area contributed by atoms with Gasteiger partial charge in [0.25, 0.3) is 0 Å². The van der Waals surface area contributed by atoms with E-state index in [1.165, 1.54) is 0 Å². The maximum atomic E-state index is 12.2. The van der Waals surface area contributed by atoms with Crippen molar-refractivity contribution in [1.29, 1.82) is 0 Å². The maximum Gasteiger partial charge on any atom is 0.308 e. The third-order valence-corrected chi connectivity index (χ3v) is 3.43. The molecule has 0 aliphatic carbocycles. The van der Waals surface area contributed by atoms with Gasteiger partial charge in [0.05, 0.1) is 12.1 Å². The second kappa shape index (κ2) is 5.40. The number of carboxylic acid groups (broad SMARTS) is 1. The van der Waals surface area contributed by atoms with Crippen LogP contribution >= 0.6 is 0 Å². The summed E-state index contributed by atoms with van der Waals surface area (Å²) in [7, 11) is 1.75. The summed E-state index contributed by atoms with van der Waals surface area (Å²) in [6, 6.07) is -0.777.